The summed E-state index contributed by atoms with van der Waals surface area (Å²) in [5.74, 6) is -1.03. The Morgan fingerprint density at radius 1 is 1.40 bits per heavy atom. The van der Waals surface area contributed by atoms with E-state index in [1.807, 2.05) is 20.8 Å². The van der Waals surface area contributed by atoms with Gasteiger partial charge in [0.25, 0.3) is 0 Å². The number of carbonyl (C=O) groups is 2. The number of hydrogen-bond acceptors (Lipinski definition) is 4. The monoisotopic (exact) mass is 212 g/mol. The molecule has 15 heavy (non-hydrogen) atoms. The van der Waals surface area contributed by atoms with E-state index in [4.69, 9.17) is 9.47 Å². The summed E-state index contributed by atoms with van der Waals surface area (Å²) >= 11 is 0. The van der Waals surface area contributed by atoms with E-state index in [0.717, 1.165) is 0 Å². The number of esters is 2. The quantitative estimate of drug-likeness (QED) is 0.614. The molecule has 2 bridgehead atoms. The standard InChI is InChI=1S/C11H16O4/c1-11(2,3)15-10(13)8-5-6-4-7(8)9(12)14-6/h6-8H,4-5H2,1-3H3/t6?,7-,8?/m0/s1. The normalized spacial score (nSPS) is 34.1. The van der Waals surface area contributed by atoms with E-state index in [-0.39, 0.29) is 29.9 Å². The maximum Gasteiger partial charge on any atom is 0.310 e. The van der Waals surface area contributed by atoms with Gasteiger partial charge in [-0.3, -0.25) is 9.59 Å². The van der Waals surface area contributed by atoms with Crippen molar-refractivity contribution >= 4 is 11.9 Å². The predicted molar refractivity (Wildman–Crippen MR) is 51.9 cm³/mol. The van der Waals surface area contributed by atoms with Crippen LogP contribution in [0.15, 0.2) is 0 Å². The molecule has 0 radical (unpaired) electrons. The number of ether oxygens (including phenoxy) is 2. The molecule has 1 saturated heterocycles. The highest BCUT2D eigenvalue weighted by Gasteiger charge is 2.51. The average molecular weight is 212 g/mol. The molecule has 0 aromatic carbocycles. The molecular weight excluding hydrogens is 196 g/mol. The van der Waals surface area contributed by atoms with Gasteiger partial charge in [-0.1, -0.05) is 0 Å². The summed E-state index contributed by atoms with van der Waals surface area (Å²) < 4.78 is 10.3. The Labute approximate surface area is 88.9 Å². The molecule has 2 rings (SSSR count). The van der Waals surface area contributed by atoms with Gasteiger partial charge in [0.15, 0.2) is 0 Å². The van der Waals surface area contributed by atoms with Gasteiger partial charge in [0, 0.05) is 0 Å². The summed E-state index contributed by atoms with van der Waals surface area (Å²) in [6.07, 6.45) is 1.26. The largest absolute Gasteiger partial charge is 0.462 e. The molecule has 1 aliphatic heterocycles. The van der Waals surface area contributed by atoms with Crippen molar-refractivity contribution < 1.29 is 19.1 Å². The third kappa shape index (κ3) is 1.98. The minimum atomic E-state index is -0.483. The fourth-order valence-electron chi connectivity index (χ4n) is 2.24. The summed E-state index contributed by atoms with van der Waals surface area (Å²) in [6, 6.07) is 0. The van der Waals surface area contributed by atoms with Gasteiger partial charge in [0.05, 0.1) is 11.8 Å². The van der Waals surface area contributed by atoms with Crippen LogP contribution in [0.2, 0.25) is 0 Å². The van der Waals surface area contributed by atoms with E-state index in [1.54, 1.807) is 0 Å². The van der Waals surface area contributed by atoms with Gasteiger partial charge in [0.2, 0.25) is 0 Å². The lowest BCUT2D eigenvalue weighted by atomic mass is 9.96. The van der Waals surface area contributed by atoms with Crippen LogP contribution in [0.25, 0.3) is 0 Å². The van der Waals surface area contributed by atoms with Crippen LogP contribution in [0.5, 0.6) is 0 Å². The van der Waals surface area contributed by atoms with Gasteiger partial charge < -0.3 is 9.47 Å². The highest BCUT2D eigenvalue weighted by atomic mass is 16.6. The van der Waals surface area contributed by atoms with Gasteiger partial charge >= 0.3 is 11.9 Å². The molecule has 0 N–H and O–H groups in total. The van der Waals surface area contributed by atoms with Crippen LogP contribution in [-0.2, 0) is 19.1 Å². The molecule has 0 aromatic rings. The molecule has 1 heterocycles. The number of rotatable bonds is 1. The number of hydrogen-bond donors (Lipinski definition) is 0. The second kappa shape index (κ2) is 3.22. The Bertz CT molecular complexity index is 302. The Kier molecular flexibility index (Phi) is 2.24. The molecule has 1 aliphatic carbocycles. The van der Waals surface area contributed by atoms with Gasteiger partial charge in [-0.05, 0) is 33.6 Å². The Morgan fingerprint density at radius 2 is 2.07 bits per heavy atom. The second-order valence-electron chi connectivity index (χ2n) is 5.28. The van der Waals surface area contributed by atoms with Crippen molar-refractivity contribution in [1.29, 1.82) is 0 Å². The zero-order chi connectivity index (χ0) is 11.2. The molecule has 2 aliphatic rings. The van der Waals surface area contributed by atoms with Crippen LogP contribution in [0.4, 0.5) is 0 Å². The number of fused-ring (bicyclic) bond motifs is 2. The fraction of sp³-hybridized carbons (Fsp3) is 0.818. The van der Waals surface area contributed by atoms with Crippen molar-refractivity contribution in [2.45, 2.75) is 45.3 Å². The van der Waals surface area contributed by atoms with E-state index in [0.29, 0.717) is 12.8 Å². The van der Waals surface area contributed by atoms with Gasteiger partial charge in [-0.25, -0.2) is 0 Å². The van der Waals surface area contributed by atoms with Crippen molar-refractivity contribution in [3.05, 3.63) is 0 Å². The highest BCUT2D eigenvalue weighted by molar-refractivity contribution is 5.85. The Morgan fingerprint density at radius 3 is 2.53 bits per heavy atom. The third-order valence-corrected chi connectivity index (χ3v) is 2.81. The summed E-state index contributed by atoms with van der Waals surface area (Å²) in [5.41, 5.74) is -0.483. The van der Waals surface area contributed by atoms with Crippen LogP contribution in [0.1, 0.15) is 33.6 Å². The lowest BCUT2D eigenvalue weighted by Gasteiger charge is -2.25. The summed E-state index contributed by atoms with van der Waals surface area (Å²) in [7, 11) is 0. The van der Waals surface area contributed by atoms with Crippen LogP contribution in [-0.4, -0.2) is 23.6 Å². The van der Waals surface area contributed by atoms with Crippen molar-refractivity contribution in [2.75, 3.05) is 0 Å². The van der Waals surface area contributed by atoms with E-state index >= 15 is 0 Å². The van der Waals surface area contributed by atoms with Gasteiger partial charge in [-0.15, -0.1) is 0 Å². The third-order valence-electron chi connectivity index (χ3n) is 2.81. The lowest BCUT2D eigenvalue weighted by Crippen LogP contribution is -2.34. The maximum absolute atomic E-state index is 11.8. The zero-order valence-electron chi connectivity index (χ0n) is 9.28. The minimum absolute atomic E-state index is 0.0555. The molecule has 0 spiro atoms. The first kappa shape index (κ1) is 10.5. The first-order valence-electron chi connectivity index (χ1n) is 5.30. The smallest absolute Gasteiger partial charge is 0.310 e. The van der Waals surface area contributed by atoms with Crippen LogP contribution >= 0.6 is 0 Å². The first-order chi connectivity index (χ1) is 6.87. The topological polar surface area (TPSA) is 52.6 Å². The van der Waals surface area contributed by atoms with Crippen molar-refractivity contribution in [2.24, 2.45) is 11.8 Å². The Balaban J connectivity index is 2.01. The van der Waals surface area contributed by atoms with Crippen molar-refractivity contribution in [3.63, 3.8) is 0 Å². The molecule has 1 saturated carbocycles. The summed E-state index contributed by atoms with van der Waals surface area (Å²) in [6.45, 7) is 5.49. The average Bonchev–Trinajstić information content (AvgIpc) is 2.58. The van der Waals surface area contributed by atoms with E-state index in [9.17, 15) is 9.59 Å². The number of carbonyl (C=O) groups excluding carboxylic acids is 2. The maximum atomic E-state index is 11.8. The van der Waals surface area contributed by atoms with Gasteiger partial charge in [0.1, 0.15) is 11.7 Å². The molecule has 3 atom stereocenters. The molecule has 0 aromatic heterocycles. The predicted octanol–water partition coefficient (Wildman–Crippen LogP) is 1.28. The van der Waals surface area contributed by atoms with Gasteiger partial charge in [-0.2, -0.15) is 0 Å². The molecular formula is C11H16O4. The fourth-order valence-corrected chi connectivity index (χ4v) is 2.24. The molecule has 4 heteroatoms. The van der Waals surface area contributed by atoms with Crippen LogP contribution in [0.3, 0.4) is 0 Å². The van der Waals surface area contributed by atoms with E-state index < -0.39 is 5.60 Å². The van der Waals surface area contributed by atoms with E-state index in [2.05, 4.69) is 0 Å². The van der Waals surface area contributed by atoms with Crippen LogP contribution in [0, 0.1) is 11.8 Å². The minimum Gasteiger partial charge on any atom is -0.462 e. The Hall–Kier alpha value is -1.06. The highest BCUT2D eigenvalue weighted by Crippen LogP contribution is 2.42. The zero-order valence-corrected chi connectivity index (χ0v) is 9.28. The van der Waals surface area contributed by atoms with E-state index in [1.165, 1.54) is 0 Å². The SMILES string of the molecule is CC(C)(C)OC(=O)C1CC2C[C@@H]1C(=O)O2. The first-order valence-corrected chi connectivity index (χ1v) is 5.30. The molecule has 4 nitrogen and oxygen atoms in total. The summed E-state index contributed by atoms with van der Waals surface area (Å²) in [5, 5.41) is 0. The summed E-state index contributed by atoms with van der Waals surface area (Å²) in [4.78, 5) is 23.1. The van der Waals surface area contributed by atoms with Crippen molar-refractivity contribution in [3.8, 4) is 0 Å². The molecule has 84 valence electrons. The molecule has 2 fully saturated rings. The lowest BCUT2D eigenvalue weighted by molar-refractivity contribution is -0.169. The molecule has 2 unspecified atom stereocenters. The van der Waals surface area contributed by atoms with Crippen molar-refractivity contribution in [1.82, 2.24) is 0 Å². The second-order valence-corrected chi connectivity index (χ2v) is 5.28. The van der Waals surface area contributed by atoms with Crippen LogP contribution < -0.4 is 0 Å². The molecule has 0 amide bonds.